The van der Waals surface area contributed by atoms with Gasteiger partial charge in [0.25, 0.3) is 0 Å². The van der Waals surface area contributed by atoms with Gasteiger partial charge in [-0.15, -0.1) is 0 Å². The molecule has 2 aliphatic heterocycles. The summed E-state index contributed by atoms with van der Waals surface area (Å²) in [6, 6.07) is -0.0153. The van der Waals surface area contributed by atoms with Crippen LogP contribution < -0.4 is 16.4 Å². The molecule has 24 heavy (non-hydrogen) atoms. The van der Waals surface area contributed by atoms with Crippen LogP contribution in [0.5, 0.6) is 0 Å². The number of carbonyl (C=O) groups is 3. The molecular weight excluding hydrogens is 308 g/mol. The summed E-state index contributed by atoms with van der Waals surface area (Å²) in [4.78, 5) is 39.0. The Morgan fingerprint density at radius 3 is 2.04 bits per heavy atom. The highest BCUT2D eigenvalue weighted by molar-refractivity contribution is 6.38. The molecule has 2 aliphatic rings. The molecule has 0 atom stereocenters. The van der Waals surface area contributed by atoms with Crippen molar-refractivity contribution < 1.29 is 14.4 Å². The van der Waals surface area contributed by atoms with Crippen molar-refractivity contribution in [2.75, 3.05) is 13.1 Å². The molecule has 2 heterocycles. The van der Waals surface area contributed by atoms with Gasteiger partial charge in [-0.1, -0.05) is 0 Å². The van der Waals surface area contributed by atoms with Crippen molar-refractivity contribution in [1.29, 1.82) is 0 Å². The first-order valence-electron chi connectivity index (χ1n) is 8.70. The van der Waals surface area contributed by atoms with Gasteiger partial charge in [-0.2, -0.15) is 0 Å². The summed E-state index contributed by atoms with van der Waals surface area (Å²) in [6.07, 6.45) is 2.61. The first-order chi connectivity index (χ1) is 11.0. The minimum absolute atomic E-state index is 0.0153. The molecule has 0 spiro atoms. The van der Waals surface area contributed by atoms with Crippen molar-refractivity contribution in [3.05, 3.63) is 0 Å². The fraction of sp³-hybridized carbons (Fsp3) is 0.824. The molecule has 136 valence electrons. The molecule has 3 amide bonds. The largest absolute Gasteiger partial charge is 0.328 e. The number of nitrogens with one attached hydrogen (secondary N) is 2. The topological polar surface area (TPSA) is 105 Å². The van der Waals surface area contributed by atoms with Crippen molar-refractivity contribution in [2.45, 2.75) is 70.5 Å². The van der Waals surface area contributed by atoms with Crippen molar-refractivity contribution >= 4 is 17.7 Å². The first-order valence-corrected chi connectivity index (χ1v) is 8.70. The van der Waals surface area contributed by atoms with Crippen LogP contribution in [0.25, 0.3) is 0 Å². The van der Waals surface area contributed by atoms with E-state index in [1.165, 1.54) is 0 Å². The van der Waals surface area contributed by atoms with Gasteiger partial charge in [-0.05, 0) is 66.5 Å². The molecule has 0 aliphatic carbocycles. The highest BCUT2D eigenvalue weighted by Crippen LogP contribution is 2.37. The van der Waals surface area contributed by atoms with E-state index in [1.54, 1.807) is 4.90 Å². The third kappa shape index (κ3) is 3.95. The Labute approximate surface area is 143 Å². The smallest absolute Gasteiger partial charge is 0.316 e. The van der Waals surface area contributed by atoms with Crippen molar-refractivity contribution in [3.63, 3.8) is 0 Å². The minimum Gasteiger partial charge on any atom is -0.328 e. The van der Waals surface area contributed by atoms with Crippen LogP contribution in [0.3, 0.4) is 0 Å². The number of carbonyl (C=O) groups excluding carboxylic acids is 3. The third-order valence-electron chi connectivity index (χ3n) is 5.08. The van der Waals surface area contributed by atoms with Crippen LogP contribution in [-0.2, 0) is 14.4 Å². The first kappa shape index (κ1) is 18.9. The molecule has 0 bridgehead atoms. The number of hydrogen-bond acceptors (Lipinski definition) is 5. The Bertz CT molecular complexity index is 506. The Hall–Kier alpha value is -1.47. The van der Waals surface area contributed by atoms with Gasteiger partial charge in [0, 0.05) is 23.0 Å². The van der Waals surface area contributed by atoms with Crippen LogP contribution in [0.15, 0.2) is 0 Å². The quantitative estimate of drug-likeness (QED) is 0.590. The van der Waals surface area contributed by atoms with E-state index in [4.69, 9.17) is 5.73 Å². The lowest BCUT2D eigenvalue weighted by Crippen LogP contribution is -2.67. The van der Waals surface area contributed by atoms with Gasteiger partial charge < -0.3 is 16.0 Å². The summed E-state index contributed by atoms with van der Waals surface area (Å²) in [7, 11) is 0. The normalized spacial score (nSPS) is 24.5. The van der Waals surface area contributed by atoms with Gasteiger partial charge in [-0.3, -0.25) is 19.7 Å². The zero-order valence-electron chi connectivity index (χ0n) is 15.1. The highest BCUT2D eigenvalue weighted by atomic mass is 16.2. The minimum atomic E-state index is -0.838. The molecule has 7 nitrogen and oxygen atoms in total. The van der Waals surface area contributed by atoms with Crippen molar-refractivity contribution in [1.82, 2.24) is 15.5 Å². The Kier molecular flexibility index (Phi) is 5.34. The van der Waals surface area contributed by atoms with Crippen LogP contribution >= 0.6 is 0 Å². The number of amides is 3. The Balaban J connectivity index is 2.08. The van der Waals surface area contributed by atoms with E-state index in [2.05, 4.69) is 10.6 Å². The van der Waals surface area contributed by atoms with E-state index in [0.717, 1.165) is 13.1 Å². The van der Waals surface area contributed by atoms with Crippen LogP contribution in [-0.4, -0.2) is 52.8 Å². The molecule has 2 rings (SSSR count). The maximum absolute atomic E-state index is 12.8. The summed E-state index contributed by atoms with van der Waals surface area (Å²) in [5.74, 6) is -2.05. The van der Waals surface area contributed by atoms with Crippen LogP contribution in [0.4, 0.5) is 0 Å². The maximum Gasteiger partial charge on any atom is 0.316 e. The van der Waals surface area contributed by atoms with Crippen LogP contribution in [0.1, 0.15) is 53.4 Å². The fourth-order valence-corrected chi connectivity index (χ4v) is 4.36. The zero-order chi connectivity index (χ0) is 18.1. The second-order valence-corrected chi connectivity index (χ2v) is 8.28. The van der Waals surface area contributed by atoms with Gasteiger partial charge in [0.15, 0.2) is 0 Å². The number of nitrogens with zero attached hydrogens (tertiary/aromatic N) is 1. The molecule has 2 saturated heterocycles. The SMILES string of the molecule is CC1(C)CC(N)CC(C)(C)N1C(=O)C(=O)NC(=O)C1CCNCC1. The lowest BCUT2D eigenvalue weighted by atomic mass is 9.77. The number of hydrogen-bond donors (Lipinski definition) is 3. The van der Waals surface area contributed by atoms with Crippen molar-refractivity contribution in [3.8, 4) is 0 Å². The summed E-state index contributed by atoms with van der Waals surface area (Å²) >= 11 is 0. The number of imide groups is 1. The standard InChI is InChI=1S/C17H30N4O3/c1-16(2)9-12(18)10-17(3,4)21(16)15(24)14(23)20-13(22)11-5-7-19-8-6-11/h11-12,19H,5-10,18H2,1-4H3,(H,20,22,23). The third-order valence-corrected chi connectivity index (χ3v) is 5.08. The van der Waals surface area contributed by atoms with E-state index < -0.39 is 22.9 Å². The average Bonchev–Trinajstić information content (AvgIpc) is 2.44. The molecule has 4 N–H and O–H groups in total. The predicted octanol–water partition coefficient (Wildman–Crippen LogP) is 0.136. The Morgan fingerprint density at radius 1 is 1.04 bits per heavy atom. The molecule has 0 radical (unpaired) electrons. The second-order valence-electron chi connectivity index (χ2n) is 8.28. The molecule has 7 heteroatoms. The van der Waals surface area contributed by atoms with Crippen LogP contribution in [0, 0.1) is 5.92 Å². The monoisotopic (exact) mass is 338 g/mol. The summed E-state index contributed by atoms with van der Waals surface area (Å²) in [5, 5.41) is 5.48. The highest BCUT2D eigenvalue weighted by Gasteiger charge is 2.48. The van der Waals surface area contributed by atoms with E-state index in [9.17, 15) is 14.4 Å². The van der Waals surface area contributed by atoms with Gasteiger partial charge >= 0.3 is 11.8 Å². The molecule has 2 fully saturated rings. The number of piperidine rings is 2. The molecular formula is C17H30N4O3. The molecule has 0 unspecified atom stereocenters. The summed E-state index contributed by atoms with van der Waals surface area (Å²) < 4.78 is 0. The van der Waals surface area contributed by atoms with Gasteiger partial charge in [0.2, 0.25) is 5.91 Å². The molecule has 0 aromatic carbocycles. The summed E-state index contributed by atoms with van der Waals surface area (Å²) in [5.41, 5.74) is 5.04. The van der Waals surface area contributed by atoms with E-state index >= 15 is 0 Å². The van der Waals surface area contributed by atoms with Gasteiger partial charge in [-0.25, -0.2) is 0 Å². The molecule has 0 saturated carbocycles. The number of likely N-dealkylation sites (tertiary alicyclic amines) is 1. The number of rotatable bonds is 1. The zero-order valence-corrected chi connectivity index (χ0v) is 15.1. The molecule has 0 aromatic rings. The predicted molar refractivity (Wildman–Crippen MR) is 91.0 cm³/mol. The Morgan fingerprint density at radius 2 is 1.54 bits per heavy atom. The second kappa shape index (κ2) is 6.80. The number of nitrogens with two attached hydrogens (primary N) is 1. The average molecular weight is 338 g/mol. The van der Waals surface area contributed by atoms with E-state index in [1.807, 2.05) is 27.7 Å². The van der Waals surface area contributed by atoms with Gasteiger partial charge in [0.1, 0.15) is 0 Å². The van der Waals surface area contributed by atoms with Crippen molar-refractivity contribution in [2.24, 2.45) is 11.7 Å². The van der Waals surface area contributed by atoms with Gasteiger partial charge in [0.05, 0.1) is 0 Å². The lowest BCUT2D eigenvalue weighted by Gasteiger charge is -2.54. The molecule has 0 aromatic heterocycles. The summed E-state index contributed by atoms with van der Waals surface area (Å²) in [6.45, 7) is 9.15. The lowest BCUT2D eigenvalue weighted by molar-refractivity contribution is -0.160. The maximum atomic E-state index is 12.8. The van der Waals surface area contributed by atoms with Crippen LogP contribution in [0.2, 0.25) is 0 Å². The fourth-order valence-electron chi connectivity index (χ4n) is 4.36. The van der Waals surface area contributed by atoms with E-state index in [0.29, 0.717) is 25.7 Å². The van der Waals surface area contributed by atoms with E-state index in [-0.39, 0.29) is 17.9 Å².